The maximum atomic E-state index is 12.9. The summed E-state index contributed by atoms with van der Waals surface area (Å²) < 4.78 is 43.5. The van der Waals surface area contributed by atoms with Gasteiger partial charge in [-0.05, 0) is 37.6 Å². The van der Waals surface area contributed by atoms with Crippen molar-refractivity contribution in [2.45, 2.75) is 38.9 Å². The van der Waals surface area contributed by atoms with E-state index in [1.165, 1.54) is 24.3 Å². The molecule has 0 heterocycles. The molecule has 1 rings (SSSR count). The second kappa shape index (κ2) is 8.32. The van der Waals surface area contributed by atoms with Crippen LogP contribution in [0.1, 0.15) is 37.0 Å². The molecule has 1 N–H and O–H groups in total. The van der Waals surface area contributed by atoms with Gasteiger partial charge in [0, 0.05) is 12.1 Å². The predicted octanol–water partition coefficient (Wildman–Crippen LogP) is 4.01. The van der Waals surface area contributed by atoms with Crippen LogP contribution in [0.4, 0.5) is 18.9 Å². The molecule has 1 aromatic carbocycles. The van der Waals surface area contributed by atoms with Crippen LogP contribution < -0.4 is 5.32 Å². The molecule has 0 aromatic heterocycles. The van der Waals surface area contributed by atoms with Crippen LogP contribution in [0.2, 0.25) is 0 Å². The fourth-order valence-electron chi connectivity index (χ4n) is 1.58. The number of benzene rings is 1. The van der Waals surface area contributed by atoms with E-state index in [1.807, 2.05) is 6.92 Å². The quantitative estimate of drug-likeness (QED) is 0.659. The molecule has 0 amide bonds. The van der Waals surface area contributed by atoms with Gasteiger partial charge in [-0.2, -0.15) is 13.2 Å². The summed E-state index contributed by atoms with van der Waals surface area (Å²) in [5.74, 6) is 4.18. The normalized spacial score (nSPS) is 12.0. The topological polar surface area (TPSA) is 38.3 Å². The highest BCUT2D eigenvalue weighted by atomic mass is 19.4. The molecular formula is C16H18F3NO2. The fraction of sp³-hybridized carbons (Fsp3) is 0.438. The number of hydrogen-bond donors (Lipinski definition) is 1. The molecule has 0 saturated carbocycles. The van der Waals surface area contributed by atoms with E-state index < -0.39 is 18.2 Å². The summed E-state index contributed by atoms with van der Waals surface area (Å²) in [6.45, 7) is 3.76. The molecule has 3 nitrogen and oxygen atoms in total. The van der Waals surface area contributed by atoms with E-state index in [0.717, 1.165) is 0 Å². The summed E-state index contributed by atoms with van der Waals surface area (Å²) in [5, 5.41) is 2.33. The first-order chi connectivity index (χ1) is 10.4. The second-order valence-corrected chi connectivity index (χ2v) is 4.49. The highest BCUT2D eigenvalue weighted by Crippen LogP contribution is 2.23. The molecule has 120 valence electrons. The predicted molar refractivity (Wildman–Crippen MR) is 78.5 cm³/mol. The molecule has 22 heavy (non-hydrogen) atoms. The van der Waals surface area contributed by atoms with Crippen molar-refractivity contribution in [2.75, 3.05) is 11.9 Å². The van der Waals surface area contributed by atoms with Crippen molar-refractivity contribution in [1.29, 1.82) is 0 Å². The van der Waals surface area contributed by atoms with Gasteiger partial charge in [0.2, 0.25) is 0 Å². The van der Waals surface area contributed by atoms with Crippen LogP contribution in [0.25, 0.3) is 0 Å². The molecular weight excluding hydrogens is 295 g/mol. The number of hydrogen-bond acceptors (Lipinski definition) is 3. The van der Waals surface area contributed by atoms with E-state index in [2.05, 4.69) is 17.2 Å². The van der Waals surface area contributed by atoms with Gasteiger partial charge in [-0.1, -0.05) is 12.8 Å². The van der Waals surface area contributed by atoms with Crippen LogP contribution in [0.15, 0.2) is 24.3 Å². The SMILES string of the molecule is CCCC#CC(Nc1ccc(C(=O)OCC)cc1)C(F)(F)F. The minimum Gasteiger partial charge on any atom is -0.462 e. The lowest BCUT2D eigenvalue weighted by Crippen LogP contribution is -2.34. The highest BCUT2D eigenvalue weighted by molar-refractivity contribution is 5.89. The third-order valence-corrected chi connectivity index (χ3v) is 2.66. The number of rotatable bonds is 5. The first-order valence-electron chi connectivity index (χ1n) is 6.97. The number of unbranched alkanes of at least 4 members (excludes halogenated alkanes) is 1. The Morgan fingerprint density at radius 3 is 2.41 bits per heavy atom. The maximum absolute atomic E-state index is 12.9. The third-order valence-electron chi connectivity index (χ3n) is 2.66. The zero-order chi connectivity index (χ0) is 16.6. The van der Waals surface area contributed by atoms with E-state index in [9.17, 15) is 18.0 Å². The summed E-state index contributed by atoms with van der Waals surface area (Å²) in [6, 6.07) is 3.67. The van der Waals surface area contributed by atoms with E-state index in [-0.39, 0.29) is 17.9 Å². The summed E-state index contributed by atoms with van der Waals surface area (Å²) in [6.07, 6.45) is -3.36. The first kappa shape index (κ1) is 17.9. The molecule has 0 spiro atoms. The zero-order valence-corrected chi connectivity index (χ0v) is 12.5. The van der Waals surface area contributed by atoms with E-state index >= 15 is 0 Å². The van der Waals surface area contributed by atoms with Crippen molar-refractivity contribution in [3.63, 3.8) is 0 Å². The molecule has 0 aliphatic heterocycles. The van der Waals surface area contributed by atoms with Crippen molar-refractivity contribution in [1.82, 2.24) is 0 Å². The fourth-order valence-corrected chi connectivity index (χ4v) is 1.58. The maximum Gasteiger partial charge on any atom is 0.420 e. The monoisotopic (exact) mass is 313 g/mol. The molecule has 6 heteroatoms. The van der Waals surface area contributed by atoms with Crippen molar-refractivity contribution < 1.29 is 22.7 Å². The number of carbonyl (C=O) groups excluding carboxylic acids is 1. The molecule has 0 aliphatic rings. The number of esters is 1. The van der Waals surface area contributed by atoms with Crippen LogP contribution in [-0.2, 0) is 4.74 Å². The largest absolute Gasteiger partial charge is 0.462 e. The first-order valence-corrected chi connectivity index (χ1v) is 6.97. The van der Waals surface area contributed by atoms with Gasteiger partial charge in [-0.15, -0.1) is 5.92 Å². The van der Waals surface area contributed by atoms with E-state index in [4.69, 9.17) is 4.74 Å². The van der Waals surface area contributed by atoms with Crippen molar-refractivity contribution in [3.05, 3.63) is 29.8 Å². The van der Waals surface area contributed by atoms with Crippen LogP contribution in [-0.4, -0.2) is 24.8 Å². The molecule has 0 fully saturated rings. The Morgan fingerprint density at radius 2 is 1.91 bits per heavy atom. The average molecular weight is 313 g/mol. The molecule has 0 bridgehead atoms. The standard InChI is InChI=1S/C16H18F3NO2/c1-3-5-6-7-14(16(17,18)19)20-13-10-8-12(9-11-13)15(21)22-4-2/h8-11,14,20H,3-5H2,1-2H3. The summed E-state index contributed by atoms with van der Waals surface area (Å²) >= 11 is 0. The van der Waals surface area contributed by atoms with E-state index in [1.54, 1.807) is 6.92 Å². The minimum absolute atomic E-state index is 0.237. The van der Waals surface area contributed by atoms with Gasteiger partial charge in [-0.25, -0.2) is 4.79 Å². The van der Waals surface area contributed by atoms with Gasteiger partial charge in [0.05, 0.1) is 12.2 Å². The minimum atomic E-state index is -4.47. The van der Waals surface area contributed by atoms with Gasteiger partial charge < -0.3 is 10.1 Å². The highest BCUT2D eigenvalue weighted by Gasteiger charge is 2.38. The third kappa shape index (κ3) is 5.68. The van der Waals surface area contributed by atoms with Gasteiger partial charge in [-0.3, -0.25) is 0 Å². The summed E-state index contributed by atoms with van der Waals surface area (Å²) in [7, 11) is 0. The number of halogens is 3. The summed E-state index contributed by atoms with van der Waals surface area (Å²) in [5.41, 5.74) is 0.522. The molecule has 0 aliphatic carbocycles. The average Bonchev–Trinajstić information content (AvgIpc) is 2.46. The van der Waals surface area contributed by atoms with Crippen molar-refractivity contribution >= 4 is 11.7 Å². The summed E-state index contributed by atoms with van der Waals surface area (Å²) in [4.78, 5) is 11.5. The van der Waals surface area contributed by atoms with Gasteiger partial charge in [0.15, 0.2) is 6.04 Å². The lowest BCUT2D eigenvalue weighted by Gasteiger charge is -2.17. The Balaban J connectivity index is 2.82. The van der Waals surface area contributed by atoms with Crippen LogP contribution in [0, 0.1) is 11.8 Å². The Morgan fingerprint density at radius 1 is 1.27 bits per heavy atom. The van der Waals surface area contributed by atoms with Crippen LogP contribution >= 0.6 is 0 Å². The molecule has 1 atom stereocenters. The van der Waals surface area contributed by atoms with Crippen LogP contribution in [0.5, 0.6) is 0 Å². The van der Waals surface area contributed by atoms with Gasteiger partial charge in [0.1, 0.15) is 0 Å². The molecule has 0 radical (unpaired) electrons. The second-order valence-electron chi connectivity index (χ2n) is 4.49. The zero-order valence-electron chi connectivity index (χ0n) is 12.5. The van der Waals surface area contributed by atoms with Gasteiger partial charge in [0.25, 0.3) is 0 Å². The Kier molecular flexibility index (Phi) is 6.77. The Hall–Kier alpha value is -2.16. The smallest absolute Gasteiger partial charge is 0.420 e. The molecule has 0 saturated heterocycles. The van der Waals surface area contributed by atoms with Crippen molar-refractivity contribution in [2.24, 2.45) is 0 Å². The van der Waals surface area contributed by atoms with E-state index in [0.29, 0.717) is 12.8 Å². The Labute approximate surface area is 127 Å². The molecule has 1 unspecified atom stereocenters. The number of carbonyl (C=O) groups is 1. The number of alkyl halides is 3. The number of anilines is 1. The molecule has 1 aromatic rings. The number of ether oxygens (including phenoxy) is 1. The Bertz CT molecular complexity index is 541. The van der Waals surface area contributed by atoms with Gasteiger partial charge >= 0.3 is 12.1 Å². The number of nitrogens with one attached hydrogen (secondary N) is 1. The van der Waals surface area contributed by atoms with Crippen LogP contribution in [0.3, 0.4) is 0 Å². The lowest BCUT2D eigenvalue weighted by atomic mass is 10.2. The lowest BCUT2D eigenvalue weighted by molar-refractivity contribution is -0.130. The van der Waals surface area contributed by atoms with Crippen molar-refractivity contribution in [3.8, 4) is 11.8 Å².